The highest BCUT2D eigenvalue weighted by atomic mass is 28.4. The molecule has 0 bridgehead atoms. The zero-order valence-corrected chi connectivity index (χ0v) is 21.9. The van der Waals surface area contributed by atoms with E-state index in [-0.39, 0.29) is 0 Å². The lowest BCUT2D eigenvalue weighted by molar-refractivity contribution is 0.343. The van der Waals surface area contributed by atoms with Crippen molar-refractivity contribution in [3.8, 4) is 0 Å². The van der Waals surface area contributed by atoms with Gasteiger partial charge in [0, 0.05) is 13.2 Å². The molecule has 34 heavy (non-hydrogen) atoms. The highest BCUT2D eigenvalue weighted by Gasteiger charge is 2.42. The van der Waals surface area contributed by atoms with Gasteiger partial charge >= 0.3 is 0 Å². The van der Waals surface area contributed by atoms with Crippen LogP contribution in [0.3, 0.4) is 0 Å². The van der Waals surface area contributed by atoms with Gasteiger partial charge in [-0.25, -0.2) is 0 Å². The van der Waals surface area contributed by atoms with Crippen LogP contribution in [0.1, 0.15) is 13.8 Å². The molecule has 0 unspecified atom stereocenters. The van der Waals surface area contributed by atoms with E-state index in [1.807, 2.05) is 0 Å². The Morgan fingerprint density at radius 1 is 0.441 bits per heavy atom. The fourth-order valence-corrected chi connectivity index (χ4v) is 12.4. The van der Waals surface area contributed by atoms with E-state index >= 15 is 0 Å². The maximum atomic E-state index is 6.77. The van der Waals surface area contributed by atoms with Gasteiger partial charge in [0.25, 0.3) is 16.6 Å². The fraction of sp³-hybridized carbons (Fsp3) is 0.133. The van der Waals surface area contributed by atoms with Gasteiger partial charge < -0.3 is 8.85 Å². The lowest BCUT2D eigenvalue weighted by Crippen LogP contribution is -2.63. The summed E-state index contributed by atoms with van der Waals surface area (Å²) in [6.45, 7) is 5.45. The van der Waals surface area contributed by atoms with Gasteiger partial charge in [-0.05, 0) is 34.6 Å². The van der Waals surface area contributed by atoms with Gasteiger partial charge in [-0.2, -0.15) is 0 Å². The van der Waals surface area contributed by atoms with Crippen molar-refractivity contribution in [2.24, 2.45) is 0 Å². The zero-order valence-electron chi connectivity index (χ0n) is 19.9. The molecule has 0 aromatic heterocycles. The molecule has 4 rings (SSSR count). The van der Waals surface area contributed by atoms with Crippen molar-refractivity contribution in [3.05, 3.63) is 133 Å². The second-order valence-corrected chi connectivity index (χ2v) is 14.6. The maximum absolute atomic E-state index is 6.77. The van der Waals surface area contributed by atoms with Crippen molar-refractivity contribution in [1.82, 2.24) is 0 Å². The molecule has 0 aliphatic heterocycles. The average molecular weight is 481 g/mol. The minimum absolute atomic E-state index is 0.639. The van der Waals surface area contributed by atoms with Crippen molar-refractivity contribution in [2.75, 3.05) is 13.2 Å². The van der Waals surface area contributed by atoms with E-state index in [9.17, 15) is 0 Å². The second kappa shape index (κ2) is 11.4. The number of hydrogen-bond donors (Lipinski definition) is 0. The molecule has 0 fully saturated rings. The third-order valence-electron chi connectivity index (χ3n) is 6.11. The minimum Gasteiger partial charge on any atom is -0.405 e. The normalized spacial score (nSPS) is 12.2. The van der Waals surface area contributed by atoms with E-state index in [0.29, 0.717) is 13.2 Å². The summed E-state index contributed by atoms with van der Waals surface area (Å²) in [5, 5.41) is 4.94. The molecule has 0 atom stereocenters. The second-order valence-electron chi connectivity index (χ2n) is 8.13. The molecule has 4 aromatic rings. The fourth-order valence-electron chi connectivity index (χ4n) is 4.58. The van der Waals surface area contributed by atoms with E-state index in [2.05, 4.69) is 147 Å². The molecule has 0 N–H and O–H groups in total. The summed E-state index contributed by atoms with van der Waals surface area (Å²) in [4.78, 5) is 0. The Kier molecular flexibility index (Phi) is 8.09. The Bertz CT molecular complexity index is 990. The van der Waals surface area contributed by atoms with E-state index < -0.39 is 16.6 Å². The summed E-state index contributed by atoms with van der Waals surface area (Å²) in [5.41, 5.74) is 4.76. The quantitative estimate of drug-likeness (QED) is 0.317. The molecule has 172 valence electrons. The van der Waals surface area contributed by atoms with Gasteiger partial charge in [-0.15, -0.1) is 0 Å². The van der Waals surface area contributed by atoms with Crippen LogP contribution >= 0.6 is 0 Å². The molecule has 0 spiro atoms. The van der Waals surface area contributed by atoms with Crippen LogP contribution in [-0.2, 0) is 8.85 Å². The van der Waals surface area contributed by atoms with Gasteiger partial charge in [-0.3, -0.25) is 0 Å². The lowest BCUT2D eigenvalue weighted by Gasteiger charge is -2.33. The minimum atomic E-state index is -2.68. The molecule has 0 aliphatic rings. The molecule has 0 saturated carbocycles. The zero-order chi connectivity index (χ0) is 23.7. The Hall–Kier alpha value is -3.03. The molecule has 4 heteroatoms. The van der Waals surface area contributed by atoms with Gasteiger partial charge in [-0.1, -0.05) is 133 Å². The predicted molar refractivity (Wildman–Crippen MR) is 148 cm³/mol. The van der Waals surface area contributed by atoms with Crippen LogP contribution in [0.4, 0.5) is 0 Å². The Morgan fingerprint density at radius 3 is 0.882 bits per heavy atom. The Morgan fingerprint density at radius 2 is 0.676 bits per heavy atom. The Balaban J connectivity index is 1.97. The molecular weight excluding hydrogens is 449 g/mol. The van der Waals surface area contributed by atoms with Crippen LogP contribution in [0, 0.1) is 0 Å². The summed E-state index contributed by atoms with van der Waals surface area (Å²) in [6, 6.07) is 42.7. The van der Waals surface area contributed by atoms with Gasteiger partial charge in [0.05, 0.1) is 0 Å². The van der Waals surface area contributed by atoms with Crippen molar-refractivity contribution < 1.29 is 8.85 Å². The molecule has 0 saturated heterocycles. The molecule has 4 aromatic carbocycles. The standard InChI is InChI=1S/C30H32O2Si2/c1-3-31-33(27-17-9-5-10-18-27,28-19-11-6-12-20-28)25-26-34(32-4-2,29-21-13-7-14-22-29)30-23-15-8-16-24-30/h5-26H,3-4H2,1-2H3. The maximum Gasteiger partial charge on any atom is 0.280 e. The van der Waals surface area contributed by atoms with Gasteiger partial charge in [0.2, 0.25) is 0 Å². The van der Waals surface area contributed by atoms with E-state index in [1.165, 1.54) is 20.7 Å². The smallest absolute Gasteiger partial charge is 0.280 e. The highest BCUT2D eigenvalue weighted by Crippen LogP contribution is 2.16. The number of benzene rings is 4. The van der Waals surface area contributed by atoms with Crippen molar-refractivity contribution in [1.29, 1.82) is 0 Å². The summed E-state index contributed by atoms with van der Waals surface area (Å²) in [7, 11) is -5.36. The monoisotopic (exact) mass is 480 g/mol. The van der Waals surface area contributed by atoms with E-state index in [0.717, 1.165) is 0 Å². The van der Waals surface area contributed by atoms with Crippen LogP contribution < -0.4 is 20.7 Å². The van der Waals surface area contributed by atoms with E-state index in [4.69, 9.17) is 8.85 Å². The van der Waals surface area contributed by atoms with Crippen molar-refractivity contribution in [2.45, 2.75) is 13.8 Å². The van der Waals surface area contributed by atoms with E-state index in [1.54, 1.807) is 0 Å². The van der Waals surface area contributed by atoms with Crippen LogP contribution in [0.2, 0.25) is 0 Å². The van der Waals surface area contributed by atoms with Crippen molar-refractivity contribution in [3.63, 3.8) is 0 Å². The molecule has 0 amide bonds. The average Bonchev–Trinajstić information content (AvgIpc) is 2.92. The first-order valence-electron chi connectivity index (χ1n) is 12.0. The first kappa shape index (κ1) is 24.1. The lowest BCUT2D eigenvalue weighted by atomic mass is 10.4. The van der Waals surface area contributed by atoms with Crippen molar-refractivity contribution >= 4 is 37.4 Å². The Labute approximate surface area is 205 Å². The highest BCUT2D eigenvalue weighted by molar-refractivity contribution is 7.05. The topological polar surface area (TPSA) is 18.5 Å². The van der Waals surface area contributed by atoms with Crippen LogP contribution in [0.5, 0.6) is 0 Å². The summed E-state index contributed by atoms with van der Waals surface area (Å²) < 4.78 is 13.5. The number of hydrogen-bond acceptors (Lipinski definition) is 2. The first-order chi connectivity index (χ1) is 16.7. The van der Waals surface area contributed by atoms with Crippen LogP contribution in [0.15, 0.2) is 133 Å². The van der Waals surface area contributed by atoms with Gasteiger partial charge in [0.1, 0.15) is 0 Å². The largest absolute Gasteiger partial charge is 0.405 e. The molecule has 0 aliphatic carbocycles. The third kappa shape index (κ3) is 4.91. The molecule has 0 radical (unpaired) electrons. The third-order valence-corrected chi connectivity index (χ3v) is 14.0. The summed E-state index contributed by atoms with van der Waals surface area (Å²) >= 11 is 0. The van der Waals surface area contributed by atoms with Crippen LogP contribution in [-0.4, -0.2) is 29.8 Å². The van der Waals surface area contributed by atoms with Crippen LogP contribution in [0.25, 0.3) is 0 Å². The van der Waals surface area contributed by atoms with Gasteiger partial charge in [0.15, 0.2) is 0 Å². The molecule has 2 nitrogen and oxygen atoms in total. The molecule has 0 heterocycles. The first-order valence-corrected chi connectivity index (χ1v) is 15.9. The predicted octanol–water partition coefficient (Wildman–Crippen LogP) is 4.21. The summed E-state index contributed by atoms with van der Waals surface area (Å²) in [5.74, 6) is 0. The molecular formula is C30H32O2Si2. The number of rotatable bonds is 10. The summed E-state index contributed by atoms with van der Waals surface area (Å²) in [6.07, 6.45) is 0. The SMILES string of the molecule is CCO[Si](C=C[Si](OCC)(c1ccccc1)c1ccccc1)(c1ccccc1)c1ccccc1.